The maximum Gasteiger partial charge on any atom is 0.184 e. The summed E-state index contributed by atoms with van der Waals surface area (Å²) in [6.07, 6.45) is 10.5. The van der Waals surface area contributed by atoms with Gasteiger partial charge in [0.05, 0.1) is 11.1 Å². The third kappa shape index (κ3) is 2.61. The number of nitrogens with one attached hydrogen (secondary N) is 1. The molecule has 0 radical (unpaired) electrons. The number of hydrogen-bond acceptors (Lipinski definition) is 4. The molecule has 1 atom stereocenters. The van der Waals surface area contributed by atoms with Crippen LogP contribution in [0.15, 0.2) is 60.8 Å². The second-order valence-corrected chi connectivity index (χ2v) is 5.62. The second-order valence-electron chi connectivity index (χ2n) is 5.62. The molecule has 1 aliphatic rings. The molecule has 0 bridgehead atoms. The number of nitrogens with zero attached hydrogens (tertiary/aromatic N) is 3. The quantitative estimate of drug-likeness (QED) is 0.797. The molecule has 3 aromatic rings. The number of aromatic amines is 1. The van der Waals surface area contributed by atoms with Crippen molar-refractivity contribution in [2.24, 2.45) is 5.92 Å². The number of fused-ring (bicyclic) bond motifs is 1. The van der Waals surface area contributed by atoms with Crippen molar-refractivity contribution >= 4 is 11.0 Å². The highest BCUT2D eigenvalue weighted by Gasteiger charge is 2.13. The monoisotopic (exact) mass is 304 g/mol. The lowest BCUT2D eigenvalue weighted by Gasteiger charge is -2.17. The number of rotatable bonds is 3. The van der Waals surface area contributed by atoms with E-state index in [0.717, 1.165) is 34.6 Å². The van der Waals surface area contributed by atoms with E-state index in [0.29, 0.717) is 11.6 Å². The van der Waals surface area contributed by atoms with Crippen molar-refractivity contribution in [3.63, 3.8) is 0 Å². The van der Waals surface area contributed by atoms with Gasteiger partial charge in [-0.15, -0.1) is 0 Å². The van der Waals surface area contributed by atoms with Crippen LogP contribution in [0.1, 0.15) is 13.3 Å². The molecular formula is C18H16N4O. The van der Waals surface area contributed by atoms with Crippen molar-refractivity contribution < 1.29 is 4.74 Å². The summed E-state index contributed by atoms with van der Waals surface area (Å²) in [7, 11) is 0. The van der Waals surface area contributed by atoms with Crippen LogP contribution in [-0.4, -0.2) is 20.2 Å². The molecule has 114 valence electrons. The first-order valence-corrected chi connectivity index (χ1v) is 7.60. The number of hydrogen-bond donors (Lipinski definition) is 1. The van der Waals surface area contributed by atoms with Gasteiger partial charge in [-0.3, -0.25) is 5.10 Å². The molecule has 23 heavy (non-hydrogen) atoms. The SMILES string of the molecule is C[C@@H]1CC=CC=C1Oc1ccc(-c2[nH]nc3ncncc23)cc1. The minimum absolute atomic E-state index is 0.411. The van der Waals surface area contributed by atoms with Gasteiger partial charge in [-0.05, 0) is 36.8 Å². The average molecular weight is 304 g/mol. The Hall–Kier alpha value is -2.95. The molecule has 2 heterocycles. The highest BCUT2D eigenvalue weighted by molar-refractivity contribution is 5.89. The maximum absolute atomic E-state index is 5.99. The standard InChI is InChI=1S/C18H16N4O/c1-12-4-2-3-5-16(12)23-14-8-6-13(7-9-14)17-15-10-19-11-20-18(15)22-21-17/h2-3,5-12H,4H2,1H3,(H,19,20,21,22)/t12-/m1/s1. The molecule has 2 aromatic heterocycles. The minimum Gasteiger partial charge on any atom is -0.461 e. The van der Waals surface area contributed by atoms with E-state index >= 15 is 0 Å². The average Bonchev–Trinajstić information content (AvgIpc) is 3.02. The molecule has 0 spiro atoms. The van der Waals surface area contributed by atoms with Gasteiger partial charge in [-0.2, -0.15) is 5.10 Å². The Morgan fingerprint density at radius 1 is 1.22 bits per heavy atom. The second kappa shape index (κ2) is 5.68. The van der Waals surface area contributed by atoms with Crippen molar-refractivity contribution in [2.45, 2.75) is 13.3 Å². The fraction of sp³-hybridized carbons (Fsp3) is 0.167. The van der Waals surface area contributed by atoms with E-state index in [9.17, 15) is 0 Å². The highest BCUT2D eigenvalue weighted by Crippen LogP contribution is 2.28. The lowest BCUT2D eigenvalue weighted by Crippen LogP contribution is -2.07. The zero-order valence-corrected chi connectivity index (χ0v) is 12.7. The Balaban J connectivity index is 1.61. The van der Waals surface area contributed by atoms with Gasteiger partial charge < -0.3 is 4.74 Å². The first-order valence-electron chi connectivity index (χ1n) is 7.60. The van der Waals surface area contributed by atoms with Crippen molar-refractivity contribution in [1.29, 1.82) is 0 Å². The van der Waals surface area contributed by atoms with E-state index in [4.69, 9.17) is 4.74 Å². The van der Waals surface area contributed by atoms with Crippen molar-refractivity contribution in [3.05, 3.63) is 60.8 Å². The van der Waals surface area contributed by atoms with Crippen molar-refractivity contribution in [2.75, 3.05) is 0 Å². The lowest BCUT2D eigenvalue weighted by atomic mass is 10.0. The lowest BCUT2D eigenvalue weighted by molar-refractivity contribution is 0.355. The van der Waals surface area contributed by atoms with E-state index in [2.05, 4.69) is 33.2 Å². The molecule has 0 saturated carbocycles. The van der Waals surface area contributed by atoms with Crippen LogP contribution in [-0.2, 0) is 0 Å². The van der Waals surface area contributed by atoms with E-state index in [1.54, 1.807) is 6.20 Å². The van der Waals surface area contributed by atoms with Gasteiger partial charge in [-0.25, -0.2) is 9.97 Å². The van der Waals surface area contributed by atoms with Gasteiger partial charge in [0, 0.05) is 17.7 Å². The number of allylic oxidation sites excluding steroid dienone is 4. The Kier molecular flexibility index (Phi) is 3.38. The summed E-state index contributed by atoms with van der Waals surface area (Å²) < 4.78 is 5.99. The molecule has 1 N–H and O–H groups in total. The summed E-state index contributed by atoms with van der Waals surface area (Å²) >= 11 is 0. The predicted molar refractivity (Wildman–Crippen MR) is 88.8 cm³/mol. The Labute approximate surface area is 133 Å². The van der Waals surface area contributed by atoms with Crippen LogP contribution in [0.4, 0.5) is 0 Å². The first kappa shape index (κ1) is 13.7. The molecular weight excluding hydrogens is 288 g/mol. The van der Waals surface area contributed by atoms with Gasteiger partial charge in [0.15, 0.2) is 5.65 Å². The Morgan fingerprint density at radius 2 is 2.09 bits per heavy atom. The number of ether oxygens (including phenoxy) is 1. The summed E-state index contributed by atoms with van der Waals surface area (Å²) in [5.74, 6) is 2.25. The molecule has 1 aliphatic carbocycles. The summed E-state index contributed by atoms with van der Waals surface area (Å²) in [6.45, 7) is 2.17. The Bertz CT molecular complexity index is 893. The van der Waals surface area contributed by atoms with E-state index in [1.807, 2.05) is 36.4 Å². The van der Waals surface area contributed by atoms with E-state index < -0.39 is 0 Å². The van der Waals surface area contributed by atoms with Crippen LogP contribution >= 0.6 is 0 Å². The van der Waals surface area contributed by atoms with Gasteiger partial charge >= 0.3 is 0 Å². The Morgan fingerprint density at radius 3 is 2.91 bits per heavy atom. The van der Waals surface area contributed by atoms with Crippen LogP contribution < -0.4 is 4.74 Å². The topological polar surface area (TPSA) is 63.7 Å². The summed E-state index contributed by atoms with van der Waals surface area (Å²) in [4.78, 5) is 8.20. The van der Waals surface area contributed by atoms with Crippen LogP contribution in [0.5, 0.6) is 5.75 Å². The fourth-order valence-corrected chi connectivity index (χ4v) is 2.66. The van der Waals surface area contributed by atoms with E-state index in [-0.39, 0.29) is 0 Å². The van der Waals surface area contributed by atoms with Crippen LogP contribution in [0.3, 0.4) is 0 Å². The molecule has 4 rings (SSSR count). The zero-order valence-electron chi connectivity index (χ0n) is 12.7. The minimum atomic E-state index is 0.411. The molecule has 0 unspecified atom stereocenters. The number of aromatic nitrogens is 4. The van der Waals surface area contributed by atoms with Gasteiger partial charge in [0.1, 0.15) is 17.8 Å². The molecule has 0 aliphatic heterocycles. The normalized spacial score (nSPS) is 17.3. The predicted octanol–water partition coefficient (Wildman–Crippen LogP) is 3.88. The summed E-state index contributed by atoms with van der Waals surface area (Å²) in [6, 6.07) is 7.97. The zero-order chi connectivity index (χ0) is 15.6. The summed E-state index contributed by atoms with van der Waals surface area (Å²) in [5, 5.41) is 8.13. The molecule has 0 amide bonds. The van der Waals surface area contributed by atoms with Crippen LogP contribution in [0.25, 0.3) is 22.3 Å². The maximum atomic E-state index is 5.99. The van der Waals surface area contributed by atoms with Gasteiger partial charge in [-0.1, -0.05) is 19.1 Å². The van der Waals surface area contributed by atoms with Crippen LogP contribution in [0, 0.1) is 5.92 Å². The molecule has 5 heteroatoms. The third-order valence-electron chi connectivity index (χ3n) is 3.98. The molecule has 5 nitrogen and oxygen atoms in total. The largest absolute Gasteiger partial charge is 0.461 e. The highest BCUT2D eigenvalue weighted by atomic mass is 16.5. The van der Waals surface area contributed by atoms with Gasteiger partial charge in [0.2, 0.25) is 0 Å². The third-order valence-corrected chi connectivity index (χ3v) is 3.98. The van der Waals surface area contributed by atoms with Crippen molar-refractivity contribution in [1.82, 2.24) is 20.2 Å². The molecule has 0 saturated heterocycles. The van der Waals surface area contributed by atoms with Crippen molar-refractivity contribution in [3.8, 4) is 17.0 Å². The molecule has 0 fully saturated rings. The molecule has 1 aromatic carbocycles. The van der Waals surface area contributed by atoms with E-state index in [1.165, 1.54) is 6.33 Å². The number of benzene rings is 1. The fourth-order valence-electron chi connectivity index (χ4n) is 2.66. The first-order chi connectivity index (χ1) is 11.3. The van der Waals surface area contributed by atoms with Gasteiger partial charge in [0.25, 0.3) is 0 Å². The summed E-state index contributed by atoms with van der Waals surface area (Å²) in [5.41, 5.74) is 2.61. The van der Waals surface area contributed by atoms with Crippen LogP contribution in [0.2, 0.25) is 0 Å². The number of H-pyrrole nitrogens is 1. The smallest absolute Gasteiger partial charge is 0.184 e.